The molecule has 2 rings (SSSR count). The number of ketones is 1. The summed E-state index contributed by atoms with van der Waals surface area (Å²) in [5.41, 5.74) is -1.01. The summed E-state index contributed by atoms with van der Waals surface area (Å²) in [6, 6.07) is 15.7. The van der Waals surface area contributed by atoms with Gasteiger partial charge in [-0.25, -0.2) is 0 Å². The standard InChI is InChI=1S/C21H24O6/c1-21(2,24)20(23)16-8-10-18(11-9-16)26-14-15-27-19(22)12-13-25-17-6-4-3-5-7-17/h3-11,24H,12-15H2,1-2H3. The molecule has 0 saturated carbocycles. The van der Waals surface area contributed by atoms with Gasteiger partial charge in [0.25, 0.3) is 0 Å². The van der Waals surface area contributed by atoms with Crippen LogP contribution in [0.1, 0.15) is 30.6 Å². The van der Waals surface area contributed by atoms with Gasteiger partial charge >= 0.3 is 5.97 Å². The van der Waals surface area contributed by atoms with E-state index in [0.717, 1.165) is 0 Å². The predicted octanol–water partition coefficient (Wildman–Crippen LogP) is 3.03. The second-order valence-electron chi connectivity index (χ2n) is 6.39. The highest BCUT2D eigenvalue weighted by Crippen LogP contribution is 2.17. The van der Waals surface area contributed by atoms with Crippen LogP contribution in [-0.2, 0) is 9.53 Å². The number of aliphatic hydroxyl groups is 1. The van der Waals surface area contributed by atoms with Crippen molar-refractivity contribution in [3.05, 3.63) is 60.2 Å². The van der Waals surface area contributed by atoms with Crippen LogP contribution in [0.4, 0.5) is 0 Å². The van der Waals surface area contributed by atoms with Gasteiger partial charge in [-0.05, 0) is 50.2 Å². The molecule has 2 aromatic carbocycles. The molecule has 0 saturated heterocycles. The molecular formula is C21H24O6. The first-order chi connectivity index (χ1) is 12.9. The minimum Gasteiger partial charge on any atom is -0.493 e. The van der Waals surface area contributed by atoms with Gasteiger partial charge in [0.05, 0.1) is 13.0 Å². The van der Waals surface area contributed by atoms with Crippen molar-refractivity contribution >= 4 is 11.8 Å². The number of para-hydroxylation sites is 1. The number of benzene rings is 2. The Morgan fingerprint density at radius 1 is 0.852 bits per heavy atom. The second kappa shape index (κ2) is 9.73. The van der Waals surface area contributed by atoms with Crippen LogP contribution in [0.3, 0.4) is 0 Å². The lowest BCUT2D eigenvalue weighted by molar-refractivity contribution is -0.144. The Morgan fingerprint density at radius 3 is 2.07 bits per heavy atom. The van der Waals surface area contributed by atoms with Crippen LogP contribution >= 0.6 is 0 Å². The highest BCUT2D eigenvalue weighted by molar-refractivity contribution is 6.01. The van der Waals surface area contributed by atoms with E-state index in [2.05, 4.69) is 0 Å². The first-order valence-corrected chi connectivity index (χ1v) is 8.70. The van der Waals surface area contributed by atoms with E-state index in [1.165, 1.54) is 13.8 Å². The monoisotopic (exact) mass is 372 g/mol. The third kappa shape index (κ3) is 7.11. The lowest BCUT2D eigenvalue weighted by atomic mass is 9.97. The summed E-state index contributed by atoms with van der Waals surface area (Å²) in [4.78, 5) is 23.6. The molecule has 0 fully saturated rings. The zero-order chi connectivity index (χ0) is 19.7. The van der Waals surface area contributed by atoms with Crippen LogP contribution in [0, 0.1) is 0 Å². The second-order valence-corrected chi connectivity index (χ2v) is 6.39. The van der Waals surface area contributed by atoms with Gasteiger partial charge in [0.15, 0.2) is 5.78 Å². The Morgan fingerprint density at radius 2 is 1.44 bits per heavy atom. The van der Waals surface area contributed by atoms with Crippen molar-refractivity contribution in [2.45, 2.75) is 25.9 Å². The van der Waals surface area contributed by atoms with E-state index in [4.69, 9.17) is 14.2 Å². The Bertz CT molecular complexity index is 732. The Hall–Kier alpha value is -2.86. The summed E-state index contributed by atoms with van der Waals surface area (Å²) in [6.45, 7) is 3.46. The summed E-state index contributed by atoms with van der Waals surface area (Å²) in [6.07, 6.45) is 0.155. The topological polar surface area (TPSA) is 82.1 Å². The molecule has 0 amide bonds. The van der Waals surface area contributed by atoms with Gasteiger partial charge < -0.3 is 19.3 Å². The molecule has 144 valence electrons. The highest BCUT2D eigenvalue weighted by atomic mass is 16.6. The van der Waals surface area contributed by atoms with Crippen LogP contribution in [0.2, 0.25) is 0 Å². The van der Waals surface area contributed by atoms with Gasteiger partial charge in [0.2, 0.25) is 0 Å². The normalized spacial score (nSPS) is 10.9. The lowest BCUT2D eigenvalue weighted by Gasteiger charge is -2.15. The molecule has 0 atom stereocenters. The largest absolute Gasteiger partial charge is 0.493 e. The maximum Gasteiger partial charge on any atom is 0.309 e. The molecule has 6 nitrogen and oxygen atoms in total. The molecule has 0 spiro atoms. The predicted molar refractivity (Wildman–Crippen MR) is 100 cm³/mol. The molecule has 6 heteroatoms. The van der Waals surface area contributed by atoms with Crippen LogP contribution < -0.4 is 9.47 Å². The molecule has 0 aliphatic heterocycles. The molecule has 0 aliphatic carbocycles. The number of esters is 1. The zero-order valence-electron chi connectivity index (χ0n) is 15.5. The number of carbonyl (C=O) groups is 2. The summed E-state index contributed by atoms with van der Waals surface area (Å²) in [5, 5.41) is 9.72. The van der Waals surface area contributed by atoms with Crippen molar-refractivity contribution in [2.75, 3.05) is 19.8 Å². The summed E-state index contributed by atoms with van der Waals surface area (Å²) >= 11 is 0. The van der Waals surface area contributed by atoms with Gasteiger partial charge in [-0.3, -0.25) is 9.59 Å². The molecule has 0 unspecified atom stereocenters. The zero-order valence-corrected chi connectivity index (χ0v) is 15.5. The number of hydrogen-bond acceptors (Lipinski definition) is 6. The van der Waals surface area contributed by atoms with Crippen molar-refractivity contribution in [3.63, 3.8) is 0 Å². The van der Waals surface area contributed by atoms with E-state index < -0.39 is 5.60 Å². The summed E-state index contributed by atoms with van der Waals surface area (Å²) < 4.78 is 16.0. The van der Waals surface area contributed by atoms with Crippen LogP contribution in [0.15, 0.2) is 54.6 Å². The number of carbonyl (C=O) groups excluding carboxylic acids is 2. The number of hydrogen-bond donors (Lipinski definition) is 1. The minimum atomic E-state index is -1.42. The third-order valence-electron chi connectivity index (χ3n) is 3.61. The van der Waals surface area contributed by atoms with Gasteiger partial charge in [-0.1, -0.05) is 18.2 Å². The quantitative estimate of drug-likeness (QED) is 0.392. The third-order valence-corrected chi connectivity index (χ3v) is 3.61. The fraction of sp³-hybridized carbons (Fsp3) is 0.333. The van der Waals surface area contributed by atoms with Crippen molar-refractivity contribution in [3.8, 4) is 11.5 Å². The Balaban J connectivity index is 1.63. The minimum absolute atomic E-state index is 0.120. The van der Waals surface area contributed by atoms with Crippen molar-refractivity contribution in [2.24, 2.45) is 0 Å². The maximum atomic E-state index is 11.9. The van der Waals surface area contributed by atoms with E-state index in [9.17, 15) is 14.7 Å². The average Bonchev–Trinajstić information content (AvgIpc) is 2.65. The van der Waals surface area contributed by atoms with E-state index in [0.29, 0.717) is 17.1 Å². The first-order valence-electron chi connectivity index (χ1n) is 8.70. The molecule has 0 bridgehead atoms. The van der Waals surface area contributed by atoms with Gasteiger partial charge in [0.1, 0.15) is 30.3 Å². The van der Waals surface area contributed by atoms with E-state index in [-0.39, 0.29) is 38.0 Å². The smallest absolute Gasteiger partial charge is 0.309 e. The molecule has 0 aromatic heterocycles. The number of ether oxygens (including phenoxy) is 3. The van der Waals surface area contributed by atoms with Crippen molar-refractivity contribution in [1.82, 2.24) is 0 Å². The Kier molecular flexibility index (Phi) is 7.37. The lowest BCUT2D eigenvalue weighted by Crippen LogP contribution is -2.30. The summed E-state index contributed by atoms with van der Waals surface area (Å²) in [7, 11) is 0. The van der Waals surface area contributed by atoms with Crippen LogP contribution in [-0.4, -0.2) is 42.3 Å². The van der Waals surface area contributed by atoms with E-state index in [1.807, 2.05) is 30.3 Å². The highest BCUT2D eigenvalue weighted by Gasteiger charge is 2.24. The molecule has 0 radical (unpaired) electrons. The molecular weight excluding hydrogens is 348 g/mol. The van der Waals surface area contributed by atoms with Crippen molar-refractivity contribution in [1.29, 1.82) is 0 Å². The first kappa shape index (κ1) is 20.5. The molecule has 2 aromatic rings. The molecule has 1 N–H and O–H groups in total. The maximum absolute atomic E-state index is 11.9. The van der Waals surface area contributed by atoms with Crippen LogP contribution in [0.25, 0.3) is 0 Å². The number of Topliss-reactive ketones (excluding diaryl/α,β-unsaturated/α-hetero) is 1. The Labute approximate surface area is 158 Å². The average molecular weight is 372 g/mol. The van der Waals surface area contributed by atoms with E-state index >= 15 is 0 Å². The van der Waals surface area contributed by atoms with Crippen molar-refractivity contribution < 1.29 is 28.9 Å². The van der Waals surface area contributed by atoms with Gasteiger partial charge in [0, 0.05) is 5.56 Å². The van der Waals surface area contributed by atoms with Gasteiger partial charge in [-0.2, -0.15) is 0 Å². The van der Waals surface area contributed by atoms with E-state index in [1.54, 1.807) is 24.3 Å². The molecule has 0 aliphatic rings. The fourth-order valence-electron chi connectivity index (χ4n) is 2.21. The van der Waals surface area contributed by atoms with Crippen LogP contribution in [0.5, 0.6) is 11.5 Å². The molecule has 0 heterocycles. The van der Waals surface area contributed by atoms with Gasteiger partial charge in [-0.15, -0.1) is 0 Å². The number of rotatable bonds is 10. The SMILES string of the molecule is CC(C)(O)C(=O)c1ccc(OCCOC(=O)CCOc2ccccc2)cc1. The molecule has 27 heavy (non-hydrogen) atoms. The fourth-order valence-corrected chi connectivity index (χ4v) is 2.21. The summed E-state index contributed by atoms with van der Waals surface area (Å²) in [5.74, 6) is 0.534.